The topological polar surface area (TPSA) is 115 Å². The summed E-state index contributed by atoms with van der Waals surface area (Å²) in [5, 5.41) is 11.6. The fourth-order valence-corrected chi connectivity index (χ4v) is 5.26. The lowest BCUT2D eigenvalue weighted by atomic mass is 9.94. The van der Waals surface area contributed by atoms with Gasteiger partial charge in [0.25, 0.3) is 5.78 Å². The maximum atomic E-state index is 13.5. The van der Waals surface area contributed by atoms with Gasteiger partial charge in [-0.15, -0.1) is 0 Å². The van der Waals surface area contributed by atoms with E-state index in [9.17, 15) is 19.5 Å². The van der Waals surface area contributed by atoms with E-state index in [1.54, 1.807) is 62.4 Å². The van der Waals surface area contributed by atoms with Gasteiger partial charge < -0.3 is 19.3 Å². The van der Waals surface area contributed by atoms with E-state index in [1.165, 1.54) is 4.90 Å². The first kappa shape index (κ1) is 27.8. The van der Waals surface area contributed by atoms with Crippen LogP contribution in [-0.4, -0.2) is 47.6 Å². The summed E-state index contributed by atoms with van der Waals surface area (Å²) < 4.78 is 16.6. The largest absolute Gasteiger partial charge is 0.507 e. The molecule has 39 heavy (non-hydrogen) atoms. The van der Waals surface area contributed by atoms with Crippen LogP contribution in [-0.2, 0) is 14.3 Å². The van der Waals surface area contributed by atoms with E-state index in [4.69, 9.17) is 14.2 Å². The second kappa shape index (κ2) is 12.1. The molecule has 1 fully saturated rings. The lowest BCUT2D eigenvalue weighted by Gasteiger charge is -2.24. The molecule has 1 N–H and O–H groups in total. The van der Waals surface area contributed by atoms with E-state index in [2.05, 4.69) is 4.98 Å². The van der Waals surface area contributed by atoms with Crippen LogP contribution in [0.4, 0.5) is 5.13 Å². The van der Waals surface area contributed by atoms with E-state index < -0.39 is 23.7 Å². The van der Waals surface area contributed by atoms with Crippen molar-refractivity contribution in [2.24, 2.45) is 0 Å². The lowest BCUT2D eigenvalue weighted by molar-refractivity contribution is -0.132. The number of Topliss-reactive ketones (excluding diaryl/α,β-unsaturated/α-hetero) is 1. The summed E-state index contributed by atoms with van der Waals surface area (Å²) in [6, 6.07) is 12.6. The fraction of sp³-hybridized carbons (Fsp3) is 0.310. The number of hydrogen-bond donors (Lipinski definition) is 1. The van der Waals surface area contributed by atoms with Gasteiger partial charge in [-0.1, -0.05) is 36.5 Å². The maximum Gasteiger partial charge on any atom is 0.350 e. The molecule has 0 radical (unpaired) electrons. The molecule has 0 bridgehead atoms. The molecule has 1 unspecified atom stereocenters. The molecule has 1 aliphatic rings. The summed E-state index contributed by atoms with van der Waals surface area (Å²) in [4.78, 5) is 45.4. The molecule has 1 atom stereocenters. The van der Waals surface area contributed by atoms with Crippen molar-refractivity contribution >= 4 is 39.9 Å². The minimum atomic E-state index is -1.05. The second-order valence-electron chi connectivity index (χ2n) is 8.64. The van der Waals surface area contributed by atoms with Crippen LogP contribution >= 0.6 is 11.3 Å². The van der Waals surface area contributed by atoms with Crippen LogP contribution in [0.5, 0.6) is 11.5 Å². The van der Waals surface area contributed by atoms with Gasteiger partial charge in [-0.3, -0.25) is 14.5 Å². The summed E-state index contributed by atoms with van der Waals surface area (Å²) >= 11 is 0.953. The number of carbonyl (C=O) groups is 3. The normalized spacial score (nSPS) is 16.4. The molecule has 0 aliphatic carbocycles. The predicted molar refractivity (Wildman–Crippen MR) is 147 cm³/mol. The Bertz CT molecular complexity index is 1410. The van der Waals surface area contributed by atoms with Crippen molar-refractivity contribution < 1.29 is 33.7 Å². The molecule has 4 rings (SSSR count). The van der Waals surface area contributed by atoms with Crippen molar-refractivity contribution in [3.8, 4) is 11.5 Å². The van der Waals surface area contributed by atoms with Gasteiger partial charge in [-0.25, -0.2) is 9.78 Å². The third-order valence-corrected chi connectivity index (χ3v) is 7.15. The summed E-state index contributed by atoms with van der Waals surface area (Å²) in [5.74, 6) is -1.58. The minimum absolute atomic E-state index is 0.111. The van der Waals surface area contributed by atoms with Crippen molar-refractivity contribution in [3.63, 3.8) is 0 Å². The van der Waals surface area contributed by atoms with Gasteiger partial charge in [0.05, 0.1) is 31.1 Å². The van der Waals surface area contributed by atoms with E-state index >= 15 is 0 Å². The van der Waals surface area contributed by atoms with Crippen molar-refractivity contribution in [3.05, 3.63) is 75.8 Å². The van der Waals surface area contributed by atoms with E-state index in [0.717, 1.165) is 17.8 Å². The molecule has 0 spiro atoms. The number of aryl methyl sites for hydroxylation is 1. The molecule has 2 aromatic carbocycles. The monoisotopic (exact) mass is 550 g/mol. The zero-order valence-corrected chi connectivity index (χ0v) is 23.0. The van der Waals surface area contributed by atoms with Gasteiger partial charge in [0.15, 0.2) is 5.13 Å². The van der Waals surface area contributed by atoms with Crippen LogP contribution in [0.3, 0.4) is 0 Å². The van der Waals surface area contributed by atoms with E-state index in [-0.39, 0.29) is 27.9 Å². The molecule has 10 heteroatoms. The Hall–Kier alpha value is -4.18. The number of rotatable bonds is 10. The van der Waals surface area contributed by atoms with Crippen LogP contribution in [0.25, 0.3) is 5.76 Å². The highest BCUT2D eigenvalue weighted by Gasteiger charge is 2.49. The number of ether oxygens (including phenoxy) is 3. The van der Waals surface area contributed by atoms with Gasteiger partial charge in [0.1, 0.15) is 28.2 Å². The molecule has 3 aromatic rings. The van der Waals surface area contributed by atoms with Gasteiger partial charge >= 0.3 is 11.9 Å². The summed E-state index contributed by atoms with van der Waals surface area (Å²) in [5.41, 5.74) is 1.10. The van der Waals surface area contributed by atoms with Gasteiger partial charge in [-0.2, -0.15) is 0 Å². The molecule has 1 saturated heterocycles. The third-order valence-electron chi connectivity index (χ3n) is 6.01. The lowest BCUT2D eigenvalue weighted by Crippen LogP contribution is -2.29. The Kier molecular flexibility index (Phi) is 8.65. The average Bonchev–Trinajstić information content (AvgIpc) is 3.44. The smallest absolute Gasteiger partial charge is 0.350 e. The number of esters is 1. The number of aromatic nitrogens is 1. The first-order chi connectivity index (χ1) is 18.8. The highest BCUT2D eigenvalue weighted by atomic mass is 32.1. The standard InChI is InChI=1S/C29H30N2O7S/c1-5-16-38-19-14-12-18(13-15-19)24(32)22-23(20-10-8-9-11-21(20)36-6-2)31(27(34)25(22)33)29-30-17(4)26(39-29)28(35)37-7-3/h8-15,23,32H,5-7,16H2,1-4H3/b24-22+. The Morgan fingerprint density at radius 1 is 1.03 bits per heavy atom. The van der Waals surface area contributed by atoms with Crippen LogP contribution in [0.15, 0.2) is 54.1 Å². The Labute approximate surface area is 230 Å². The molecule has 1 aromatic heterocycles. The van der Waals surface area contributed by atoms with Gasteiger partial charge in [-0.05, 0) is 57.5 Å². The minimum Gasteiger partial charge on any atom is -0.507 e. The first-order valence-corrected chi connectivity index (χ1v) is 13.5. The number of ketones is 1. The molecule has 1 amide bonds. The second-order valence-corrected chi connectivity index (χ2v) is 9.62. The molecular formula is C29H30N2O7S. The van der Waals surface area contributed by atoms with Crippen molar-refractivity contribution in [1.82, 2.24) is 4.98 Å². The highest BCUT2D eigenvalue weighted by molar-refractivity contribution is 7.17. The quantitative estimate of drug-likeness (QED) is 0.154. The maximum absolute atomic E-state index is 13.5. The van der Waals surface area contributed by atoms with Crippen LogP contribution < -0.4 is 14.4 Å². The number of benzene rings is 2. The van der Waals surface area contributed by atoms with E-state index in [1.807, 2.05) is 13.8 Å². The number of aliphatic hydroxyl groups excluding tert-OH is 1. The van der Waals surface area contributed by atoms with Crippen LogP contribution in [0.1, 0.15) is 59.7 Å². The SMILES string of the molecule is CCCOc1ccc(/C(O)=C2\C(=O)C(=O)N(c3nc(C)c(C(=O)OCC)s3)C2c2ccccc2OCC)cc1. The summed E-state index contributed by atoms with van der Waals surface area (Å²) in [6.45, 7) is 8.23. The molecule has 9 nitrogen and oxygen atoms in total. The highest BCUT2D eigenvalue weighted by Crippen LogP contribution is 2.46. The first-order valence-electron chi connectivity index (χ1n) is 12.7. The molecule has 0 saturated carbocycles. The molecular weight excluding hydrogens is 520 g/mol. The van der Waals surface area contributed by atoms with Crippen molar-refractivity contribution in [2.45, 2.75) is 40.2 Å². The molecule has 204 valence electrons. The predicted octanol–water partition coefficient (Wildman–Crippen LogP) is 5.44. The number of para-hydroxylation sites is 1. The van der Waals surface area contributed by atoms with Crippen LogP contribution in [0, 0.1) is 6.92 Å². The summed E-state index contributed by atoms with van der Waals surface area (Å²) in [7, 11) is 0. The fourth-order valence-electron chi connectivity index (χ4n) is 4.27. The van der Waals surface area contributed by atoms with Gasteiger partial charge in [0, 0.05) is 11.1 Å². The summed E-state index contributed by atoms with van der Waals surface area (Å²) in [6.07, 6.45) is 0.846. The van der Waals surface area contributed by atoms with Crippen molar-refractivity contribution in [1.29, 1.82) is 0 Å². The zero-order valence-electron chi connectivity index (χ0n) is 22.2. The number of nitrogens with zero attached hydrogens (tertiary/aromatic N) is 2. The van der Waals surface area contributed by atoms with E-state index in [0.29, 0.717) is 41.5 Å². The average molecular weight is 551 g/mol. The zero-order chi connectivity index (χ0) is 28.1. The van der Waals surface area contributed by atoms with Crippen molar-refractivity contribution in [2.75, 3.05) is 24.7 Å². The van der Waals surface area contributed by atoms with Gasteiger partial charge in [0.2, 0.25) is 0 Å². The molecule has 1 aliphatic heterocycles. The number of carbonyl (C=O) groups excluding carboxylic acids is 3. The Morgan fingerprint density at radius 2 is 1.74 bits per heavy atom. The Balaban J connectivity index is 1.89. The number of aliphatic hydroxyl groups is 1. The molecule has 2 heterocycles. The number of amides is 1. The van der Waals surface area contributed by atoms with Crippen LogP contribution in [0.2, 0.25) is 0 Å². The number of anilines is 1. The number of thiazole rings is 1. The Morgan fingerprint density at radius 3 is 2.41 bits per heavy atom. The number of hydrogen-bond acceptors (Lipinski definition) is 9. The third kappa shape index (κ3) is 5.51.